The number of H-pyrrole nitrogens is 1. The molecule has 1 aliphatic rings. The third kappa shape index (κ3) is 4.07. The highest BCUT2D eigenvalue weighted by molar-refractivity contribution is 6.07. The van der Waals surface area contributed by atoms with Crippen molar-refractivity contribution in [1.82, 2.24) is 29.4 Å². The number of halogens is 3. The maximum absolute atomic E-state index is 13.8. The Hall–Kier alpha value is -4.45. The molecule has 2 aromatic carbocycles. The Balaban J connectivity index is 1.54. The Morgan fingerprint density at radius 2 is 1.97 bits per heavy atom. The molecular formula is C27H23F3N6O3. The maximum atomic E-state index is 13.8. The van der Waals surface area contributed by atoms with Crippen molar-refractivity contribution >= 4 is 27.8 Å². The number of hydrogen-bond acceptors (Lipinski definition) is 5. The first kappa shape index (κ1) is 24.9. The van der Waals surface area contributed by atoms with Gasteiger partial charge in [-0.1, -0.05) is 18.2 Å². The van der Waals surface area contributed by atoms with Crippen LogP contribution in [0.5, 0.6) is 0 Å². The molecule has 0 radical (unpaired) electrons. The van der Waals surface area contributed by atoms with Gasteiger partial charge in [0.2, 0.25) is 0 Å². The van der Waals surface area contributed by atoms with Crippen LogP contribution in [0.4, 0.5) is 13.2 Å². The Kier molecular flexibility index (Phi) is 5.79. The minimum atomic E-state index is -4.57. The molecule has 1 fully saturated rings. The second-order valence-corrected chi connectivity index (χ2v) is 9.57. The largest absolute Gasteiger partial charge is 0.416 e. The lowest BCUT2D eigenvalue weighted by Gasteiger charge is -2.23. The summed E-state index contributed by atoms with van der Waals surface area (Å²) >= 11 is 0. The second kappa shape index (κ2) is 9.09. The number of carbonyl (C=O) groups excluding carboxylic acids is 1. The first-order chi connectivity index (χ1) is 18.7. The topological polar surface area (TPSA) is 109 Å². The monoisotopic (exact) mass is 536 g/mol. The van der Waals surface area contributed by atoms with Crippen LogP contribution in [0.15, 0.2) is 59.5 Å². The van der Waals surface area contributed by atoms with Crippen molar-refractivity contribution in [2.24, 2.45) is 7.05 Å². The molecule has 1 amide bonds. The van der Waals surface area contributed by atoms with Gasteiger partial charge in [0.25, 0.3) is 11.5 Å². The van der Waals surface area contributed by atoms with Gasteiger partial charge in [-0.3, -0.25) is 19.4 Å². The van der Waals surface area contributed by atoms with Crippen LogP contribution in [-0.2, 0) is 13.2 Å². The highest BCUT2D eigenvalue weighted by Gasteiger charge is 2.32. The lowest BCUT2D eigenvalue weighted by atomic mass is 10.0. The number of fused-ring (bicyclic) bond motifs is 3. The lowest BCUT2D eigenvalue weighted by molar-refractivity contribution is -0.137. The molecule has 1 atom stereocenters. The predicted octanol–water partition coefficient (Wildman–Crippen LogP) is 3.88. The zero-order chi connectivity index (χ0) is 27.5. The van der Waals surface area contributed by atoms with Crippen molar-refractivity contribution in [3.05, 3.63) is 76.2 Å². The van der Waals surface area contributed by atoms with E-state index in [1.807, 2.05) is 0 Å². The molecule has 0 aliphatic carbocycles. The van der Waals surface area contributed by atoms with Gasteiger partial charge in [-0.05, 0) is 43.2 Å². The van der Waals surface area contributed by atoms with E-state index in [1.165, 1.54) is 27.7 Å². The molecule has 9 nitrogen and oxygen atoms in total. The fourth-order valence-electron chi connectivity index (χ4n) is 5.22. The summed E-state index contributed by atoms with van der Waals surface area (Å²) in [6, 6.07) is 10.9. The van der Waals surface area contributed by atoms with Crippen molar-refractivity contribution in [2.75, 3.05) is 13.2 Å². The number of rotatable bonds is 4. The number of nitrogens with zero attached hydrogens (tertiary/aromatic N) is 5. The van der Waals surface area contributed by atoms with Crippen molar-refractivity contribution < 1.29 is 23.1 Å². The van der Waals surface area contributed by atoms with Crippen LogP contribution in [0.25, 0.3) is 38.9 Å². The number of likely N-dealkylation sites (tertiary alicyclic amines) is 1. The van der Waals surface area contributed by atoms with E-state index < -0.39 is 17.3 Å². The van der Waals surface area contributed by atoms with E-state index in [9.17, 15) is 27.9 Å². The summed E-state index contributed by atoms with van der Waals surface area (Å²) in [4.78, 5) is 33.2. The van der Waals surface area contributed by atoms with Crippen molar-refractivity contribution in [2.45, 2.75) is 25.1 Å². The maximum Gasteiger partial charge on any atom is 0.416 e. The number of alkyl halides is 3. The molecular weight excluding hydrogens is 513 g/mol. The number of aromatic amines is 1. The summed E-state index contributed by atoms with van der Waals surface area (Å²) in [6.07, 6.45) is -1.52. The van der Waals surface area contributed by atoms with Crippen molar-refractivity contribution in [3.8, 4) is 16.9 Å². The second-order valence-electron chi connectivity index (χ2n) is 9.57. The van der Waals surface area contributed by atoms with E-state index in [1.54, 1.807) is 36.2 Å². The molecule has 39 heavy (non-hydrogen) atoms. The lowest BCUT2D eigenvalue weighted by Crippen LogP contribution is -2.37. The normalized spacial score (nSPS) is 16.0. The van der Waals surface area contributed by atoms with Gasteiger partial charge in [0.15, 0.2) is 5.65 Å². The fraction of sp³-hybridized carbons (Fsp3) is 0.259. The number of hydrogen-bond donors (Lipinski definition) is 2. The summed E-state index contributed by atoms with van der Waals surface area (Å²) in [5.41, 5.74) is 0.296. The molecule has 0 saturated carbocycles. The number of pyridine rings is 1. The van der Waals surface area contributed by atoms with E-state index in [2.05, 4.69) is 15.2 Å². The minimum Gasteiger partial charge on any atom is -0.394 e. The summed E-state index contributed by atoms with van der Waals surface area (Å²) in [5, 5.41) is 17.5. The van der Waals surface area contributed by atoms with Gasteiger partial charge in [-0.25, -0.2) is 9.67 Å². The van der Waals surface area contributed by atoms with E-state index in [0.29, 0.717) is 34.3 Å². The average molecular weight is 537 g/mol. The van der Waals surface area contributed by atoms with Gasteiger partial charge in [0, 0.05) is 24.7 Å². The van der Waals surface area contributed by atoms with Crippen LogP contribution in [0.2, 0.25) is 0 Å². The average Bonchev–Trinajstić information content (AvgIpc) is 3.65. The quantitative estimate of drug-likeness (QED) is 0.362. The van der Waals surface area contributed by atoms with Crippen LogP contribution in [0.1, 0.15) is 28.8 Å². The smallest absolute Gasteiger partial charge is 0.394 e. The third-order valence-electron chi connectivity index (χ3n) is 7.19. The molecule has 1 saturated heterocycles. The first-order valence-electron chi connectivity index (χ1n) is 12.3. The highest BCUT2D eigenvalue weighted by Crippen LogP contribution is 2.35. The molecule has 1 aliphatic heterocycles. The van der Waals surface area contributed by atoms with E-state index in [4.69, 9.17) is 0 Å². The van der Waals surface area contributed by atoms with Crippen molar-refractivity contribution in [3.63, 3.8) is 0 Å². The summed E-state index contributed by atoms with van der Waals surface area (Å²) in [5.74, 6) is -0.251. The zero-order valence-corrected chi connectivity index (χ0v) is 20.7. The number of carbonyl (C=O) groups is 1. The molecule has 200 valence electrons. The Morgan fingerprint density at radius 1 is 1.18 bits per heavy atom. The van der Waals surface area contributed by atoms with Gasteiger partial charge in [-0.15, -0.1) is 0 Å². The zero-order valence-electron chi connectivity index (χ0n) is 20.7. The van der Waals surface area contributed by atoms with Crippen molar-refractivity contribution in [1.29, 1.82) is 0 Å². The molecule has 0 spiro atoms. The number of aromatic nitrogens is 5. The molecule has 6 rings (SSSR count). The third-order valence-corrected chi connectivity index (χ3v) is 7.19. The van der Waals surface area contributed by atoms with Crippen LogP contribution < -0.4 is 5.56 Å². The predicted molar refractivity (Wildman–Crippen MR) is 138 cm³/mol. The molecule has 12 heteroatoms. The first-order valence-corrected chi connectivity index (χ1v) is 12.3. The van der Waals surface area contributed by atoms with E-state index >= 15 is 0 Å². The Labute approximate surface area is 219 Å². The summed E-state index contributed by atoms with van der Waals surface area (Å²) in [6.45, 7) is 0.408. The van der Waals surface area contributed by atoms with Crippen LogP contribution >= 0.6 is 0 Å². The van der Waals surface area contributed by atoms with Gasteiger partial charge in [0.05, 0.1) is 52.1 Å². The van der Waals surface area contributed by atoms with Gasteiger partial charge in [0.1, 0.15) is 0 Å². The SMILES string of the molecule is Cn1ncc2c3[nH]n(-c4cccc(C(=O)N5CCC[C@@H]5CO)c4)c(=O)c3c(-c3cccc(C(F)(F)F)c3)nc21. The highest BCUT2D eigenvalue weighted by atomic mass is 19.4. The molecule has 2 N–H and O–H groups in total. The van der Waals surface area contributed by atoms with Crippen LogP contribution in [0, 0.1) is 0 Å². The fourth-order valence-corrected chi connectivity index (χ4v) is 5.22. The molecule has 0 unspecified atom stereocenters. The van der Waals surface area contributed by atoms with Crippen LogP contribution in [-0.4, -0.2) is 59.7 Å². The van der Waals surface area contributed by atoms with E-state index in [-0.39, 0.29) is 35.2 Å². The van der Waals surface area contributed by atoms with Gasteiger partial charge in [-0.2, -0.15) is 18.3 Å². The summed E-state index contributed by atoms with van der Waals surface area (Å²) in [7, 11) is 1.65. The van der Waals surface area contributed by atoms with Gasteiger partial charge < -0.3 is 10.0 Å². The van der Waals surface area contributed by atoms with E-state index in [0.717, 1.165) is 25.0 Å². The molecule has 5 aromatic rings. The standard InChI is InChI=1S/C27H23F3N6O3/c1-34-24-20(13-31-34)23-21(22(32-24)15-5-2-7-17(11-15)27(28,29)30)26(39)36(33-23)18-8-3-6-16(12-18)25(38)35-10-4-9-19(35)14-37/h2-3,5-8,11-13,19,33,37H,4,9-10,14H2,1H3/t19-/m1/s1. The number of aliphatic hydroxyl groups is 1. The Morgan fingerprint density at radius 3 is 2.74 bits per heavy atom. The van der Waals surface area contributed by atoms with Gasteiger partial charge >= 0.3 is 6.18 Å². The Bertz CT molecular complexity index is 1800. The summed E-state index contributed by atoms with van der Waals surface area (Å²) < 4.78 is 43.2. The number of aryl methyl sites for hydroxylation is 1. The molecule has 0 bridgehead atoms. The number of benzene rings is 2. The number of nitrogens with one attached hydrogen (secondary N) is 1. The number of aliphatic hydroxyl groups excluding tert-OH is 1. The molecule has 4 heterocycles. The molecule has 3 aromatic heterocycles. The number of amides is 1. The van der Waals surface area contributed by atoms with Crippen LogP contribution in [0.3, 0.4) is 0 Å². The minimum absolute atomic E-state index is 0.0854.